The van der Waals surface area contributed by atoms with E-state index >= 15 is 0 Å². The fourth-order valence-electron chi connectivity index (χ4n) is 3.77. The molecule has 1 aliphatic carbocycles. The van der Waals surface area contributed by atoms with Crippen LogP contribution in [0.25, 0.3) is 0 Å². The molecule has 1 heterocycles. The number of sulfone groups is 1. The Bertz CT molecular complexity index is 1370. The van der Waals surface area contributed by atoms with E-state index in [9.17, 15) is 21.6 Å². The molecule has 1 saturated carbocycles. The molecule has 200 valence electrons. The molecule has 0 amide bonds. The van der Waals surface area contributed by atoms with Crippen LogP contribution in [0, 0.1) is 17.8 Å². The number of Topliss-reactive ketones (excluding diaryl/α,β-unsaturated/α-hetero) is 1. The number of carbonyl (C=O) groups is 1. The van der Waals surface area contributed by atoms with Crippen LogP contribution in [0.3, 0.4) is 0 Å². The summed E-state index contributed by atoms with van der Waals surface area (Å²) in [7, 11) is -7.09. The summed E-state index contributed by atoms with van der Waals surface area (Å²) in [4.78, 5) is 16.1. The van der Waals surface area contributed by atoms with E-state index < -0.39 is 41.2 Å². The Hall–Kier alpha value is -2.82. The number of nitrogens with two attached hydrogens (primary N) is 1. The number of rotatable bonds is 12. The molecule has 12 heteroatoms. The Morgan fingerprint density at radius 3 is 2.41 bits per heavy atom. The number of carbonyl (C=O) groups excluding carboxylic acids is 1. The predicted octanol–water partition coefficient (Wildman–Crippen LogP) is 1.97. The third-order valence-corrected chi connectivity index (χ3v) is 8.42. The highest BCUT2D eigenvalue weighted by Crippen LogP contribution is 2.25. The van der Waals surface area contributed by atoms with Crippen molar-refractivity contribution < 1.29 is 35.8 Å². The van der Waals surface area contributed by atoms with Crippen LogP contribution in [0.1, 0.15) is 41.7 Å². The first-order chi connectivity index (χ1) is 17.6. The van der Waals surface area contributed by atoms with Crippen LogP contribution in [0.2, 0.25) is 0 Å². The summed E-state index contributed by atoms with van der Waals surface area (Å²) >= 11 is 0. The number of hydrogen-bond acceptors (Lipinski definition) is 9. The van der Waals surface area contributed by atoms with E-state index in [1.165, 1.54) is 24.4 Å². The zero-order valence-electron chi connectivity index (χ0n) is 20.5. The maximum Gasteiger partial charge on any atom is 0.239 e. The zero-order chi connectivity index (χ0) is 26.9. The fourth-order valence-corrected chi connectivity index (χ4v) is 6.45. The quantitative estimate of drug-likeness (QED) is 0.237. The number of ketones is 1. The van der Waals surface area contributed by atoms with E-state index in [-0.39, 0.29) is 30.4 Å². The van der Waals surface area contributed by atoms with Gasteiger partial charge >= 0.3 is 0 Å². The molecule has 0 aliphatic heterocycles. The second-order valence-corrected chi connectivity index (χ2v) is 11.9. The predicted molar refractivity (Wildman–Crippen MR) is 135 cm³/mol. The molecule has 1 aromatic heterocycles. The molecule has 3 rings (SSSR count). The summed E-state index contributed by atoms with van der Waals surface area (Å²) in [6, 6.07) is 6.27. The number of primary sulfonamides is 1. The molecule has 1 aliphatic rings. The van der Waals surface area contributed by atoms with Crippen molar-refractivity contribution in [3.05, 3.63) is 47.8 Å². The Labute approximate surface area is 217 Å². The van der Waals surface area contributed by atoms with Crippen LogP contribution >= 0.6 is 0 Å². The molecule has 0 saturated heterocycles. The summed E-state index contributed by atoms with van der Waals surface area (Å²) < 4.78 is 65.7. The lowest BCUT2D eigenvalue weighted by Crippen LogP contribution is -2.21. The molecule has 1 aromatic carbocycles. The number of aromatic nitrogens is 1. The van der Waals surface area contributed by atoms with Gasteiger partial charge in [-0.05, 0) is 37.0 Å². The minimum atomic E-state index is -4.33. The molecule has 10 nitrogen and oxygen atoms in total. The molecule has 0 bridgehead atoms. The number of benzene rings is 1. The summed E-state index contributed by atoms with van der Waals surface area (Å²) in [6.07, 6.45) is 5.54. The van der Waals surface area contributed by atoms with Gasteiger partial charge in [-0.2, -0.15) is 0 Å². The third-order valence-electron chi connectivity index (χ3n) is 5.65. The largest absolute Gasteiger partial charge is 0.488 e. The topological polar surface area (TPSA) is 152 Å². The van der Waals surface area contributed by atoms with Gasteiger partial charge in [0, 0.05) is 24.8 Å². The highest BCUT2D eigenvalue weighted by atomic mass is 32.2. The number of methoxy groups -OCH3 is 1. The Morgan fingerprint density at radius 1 is 1.05 bits per heavy atom. The van der Waals surface area contributed by atoms with E-state index in [2.05, 4.69) is 16.8 Å². The van der Waals surface area contributed by atoms with Crippen molar-refractivity contribution in [2.45, 2.75) is 35.5 Å². The second kappa shape index (κ2) is 13.1. The SMILES string of the molecule is COCCOCCOc1cc(C(=O)CS(=O)(=O)c2ccccc2S(N)(=O)=O)cnc1C#CC1CCCC1. The van der Waals surface area contributed by atoms with Crippen molar-refractivity contribution >= 4 is 25.6 Å². The molecule has 2 N–H and O–H groups in total. The second-order valence-electron chi connectivity index (χ2n) is 8.45. The summed E-state index contributed by atoms with van der Waals surface area (Å²) in [5.41, 5.74) is 0.321. The lowest BCUT2D eigenvalue weighted by Gasteiger charge is -2.11. The standard InChI is InChI=1S/C25H30N2O8S2/c1-33-12-13-34-14-15-35-23-16-20(17-27-21(23)11-10-19-6-2-3-7-19)22(28)18-36(29,30)24-8-4-5-9-25(24)37(26,31)32/h4-5,8-9,16-17,19H,2-3,6-7,12-15,18H2,1H3,(H2,26,31,32). The monoisotopic (exact) mass is 550 g/mol. The fraction of sp³-hybridized carbons (Fsp3) is 0.440. The van der Waals surface area contributed by atoms with Crippen LogP contribution in [0.15, 0.2) is 46.3 Å². The minimum absolute atomic E-state index is 0.0154. The third kappa shape index (κ3) is 8.34. The molecule has 2 aromatic rings. The van der Waals surface area contributed by atoms with Gasteiger partial charge in [-0.25, -0.2) is 27.0 Å². The first kappa shape index (κ1) is 28.7. The first-order valence-electron chi connectivity index (χ1n) is 11.7. The number of nitrogens with zero attached hydrogens (tertiary/aromatic N) is 1. The van der Waals surface area contributed by atoms with E-state index in [0.717, 1.165) is 37.8 Å². The van der Waals surface area contributed by atoms with Crippen molar-refractivity contribution in [1.82, 2.24) is 4.98 Å². The van der Waals surface area contributed by atoms with Gasteiger partial charge in [-0.15, -0.1) is 0 Å². The van der Waals surface area contributed by atoms with Crippen molar-refractivity contribution in [2.24, 2.45) is 11.1 Å². The van der Waals surface area contributed by atoms with Crippen molar-refractivity contribution in [2.75, 3.05) is 39.3 Å². The van der Waals surface area contributed by atoms with Crippen LogP contribution in [-0.4, -0.2) is 66.9 Å². The van der Waals surface area contributed by atoms with E-state index in [0.29, 0.717) is 18.9 Å². The average molecular weight is 551 g/mol. The maximum absolute atomic E-state index is 12.9. The van der Waals surface area contributed by atoms with Gasteiger partial charge in [0.2, 0.25) is 10.0 Å². The van der Waals surface area contributed by atoms with Gasteiger partial charge in [0.1, 0.15) is 17.3 Å². The van der Waals surface area contributed by atoms with Crippen LogP contribution in [-0.2, 0) is 29.3 Å². The molecular formula is C25H30N2O8S2. The molecular weight excluding hydrogens is 520 g/mol. The first-order valence-corrected chi connectivity index (χ1v) is 14.9. The van der Waals surface area contributed by atoms with Gasteiger partial charge in [0.15, 0.2) is 27.1 Å². The van der Waals surface area contributed by atoms with Crippen molar-refractivity contribution in [1.29, 1.82) is 0 Å². The lowest BCUT2D eigenvalue weighted by atomic mass is 10.1. The zero-order valence-corrected chi connectivity index (χ0v) is 22.1. The molecule has 0 spiro atoms. The molecule has 0 radical (unpaired) electrons. The van der Waals surface area contributed by atoms with Gasteiger partial charge < -0.3 is 14.2 Å². The summed E-state index contributed by atoms with van der Waals surface area (Å²) in [6.45, 7) is 1.24. The normalized spacial score (nSPS) is 14.2. The smallest absolute Gasteiger partial charge is 0.239 e. The maximum atomic E-state index is 12.9. The van der Waals surface area contributed by atoms with Gasteiger partial charge in [-0.3, -0.25) is 4.79 Å². The van der Waals surface area contributed by atoms with E-state index in [4.69, 9.17) is 19.3 Å². The molecule has 37 heavy (non-hydrogen) atoms. The van der Waals surface area contributed by atoms with E-state index in [1.54, 1.807) is 7.11 Å². The Balaban J connectivity index is 1.82. The number of pyridine rings is 1. The average Bonchev–Trinajstić information content (AvgIpc) is 3.38. The number of sulfonamides is 1. The Kier molecular flexibility index (Phi) is 10.2. The highest BCUT2D eigenvalue weighted by molar-refractivity contribution is 7.94. The van der Waals surface area contributed by atoms with Crippen molar-refractivity contribution in [3.63, 3.8) is 0 Å². The number of hydrogen-bond donors (Lipinski definition) is 1. The molecule has 1 fully saturated rings. The minimum Gasteiger partial charge on any atom is -0.488 e. The lowest BCUT2D eigenvalue weighted by molar-refractivity contribution is 0.0543. The van der Waals surface area contributed by atoms with Gasteiger partial charge in [0.05, 0.1) is 24.7 Å². The van der Waals surface area contributed by atoms with Crippen molar-refractivity contribution in [3.8, 4) is 17.6 Å². The summed E-state index contributed by atoms with van der Waals surface area (Å²) in [5.74, 6) is 4.96. The van der Waals surface area contributed by atoms with Crippen LogP contribution in [0.5, 0.6) is 5.75 Å². The summed E-state index contributed by atoms with van der Waals surface area (Å²) in [5, 5.41) is 5.16. The van der Waals surface area contributed by atoms with Gasteiger partial charge in [-0.1, -0.05) is 30.9 Å². The van der Waals surface area contributed by atoms with E-state index in [1.807, 2.05) is 0 Å². The van der Waals surface area contributed by atoms with Crippen LogP contribution in [0.4, 0.5) is 0 Å². The van der Waals surface area contributed by atoms with Crippen LogP contribution < -0.4 is 9.88 Å². The molecule has 0 atom stereocenters. The number of ether oxygens (including phenoxy) is 3. The molecule has 0 unspecified atom stereocenters. The van der Waals surface area contributed by atoms with Gasteiger partial charge in [0.25, 0.3) is 0 Å². The Morgan fingerprint density at radius 2 is 1.73 bits per heavy atom. The highest BCUT2D eigenvalue weighted by Gasteiger charge is 2.27.